The first kappa shape index (κ1) is 17.8. The van der Waals surface area contributed by atoms with Crippen LogP contribution in [0.2, 0.25) is 0 Å². The zero-order valence-corrected chi connectivity index (χ0v) is 16.0. The molecule has 0 amide bonds. The zero-order chi connectivity index (χ0) is 17.3. The Morgan fingerprint density at radius 1 is 1.13 bits per heavy atom. The fourth-order valence-electron chi connectivity index (χ4n) is 2.17. The molecule has 6 heteroatoms. The Bertz CT molecular complexity index is 746. The number of hydrogen-bond acceptors (Lipinski definition) is 3. The van der Waals surface area contributed by atoms with E-state index in [1.54, 1.807) is 12.1 Å². The standard InChI is InChI=1S/C17H16Br2O4/c1-8(2)12-7-11(4-9(3)15(12)20)23-16-13(18)5-10(17(21)22)6-14(16)19/h4-8,20H,1-3H3,(H,21,22). The average molecular weight is 444 g/mol. The number of halogens is 2. The lowest BCUT2D eigenvalue weighted by Gasteiger charge is -2.16. The van der Waals surface area contributed by atoms with Gasteiger partial charge in [0.25, 0.3) is 0 Å². The van der Waals surface area contributed by atoms with Gasteiger partial charge in [-0.2, -0.15) is 0 Å². The van der Waals surface area contributed by atoms with Gasteiger partial charge in [0, 0.05) is 5.56 Å². The number of aryl methyl sites for hydroxylation is 1. The number of rotatable bonds is 4. The summed E-state index contributed by atoms with van der Waals surface area (Å²) in [4.78, 5) is 11.1. The van der Waals surface area contributed by atoms with Crippen LogP contribution in [0.1, 0.15) is 41.3 Å². The molecular weight excluding hydrogens is 428 g/mol. The van der Waals surface area contributed by atoms with Gasteiger partial charge in [-0.05, 0) is 74.5 Å². The largest absolute Gasteiger partial charge is 0.507 e. The van der Waals surface area contributed by atoms with Crippen molar-refractivity contribution in [3.8, 4) is 17.2 Å². The second kappa shape index (κ2) is 6.93. The molecule has 23 heavy (non-hydrogen) atoms. The first-order chi connectivity index (χ1) is 10.7. The van der Waals surface area contributed by atoms with E-state index in [1.807, 2.05) is 20.8 Å². The third kappa shape index (κ3) is 3.87. The van der Waals surface area contributed by atoms with Crippen LogP contribution in [0.5, 0.6) is 17.2 Å². The minimum Gasteiger partial charge on any atom is -0.507 e. The Morgan fingerprint density at radius 2 is 1.70 bits per heavy atom. The third-order valence-electron chi connectivity index (χ3n) is 3.39. The van der Waals surface area contributed by atoms with Crippen LogP contribution in [0.4, 0.5) is 0 Å². The molecule has 0 aliphatic carbocycles. The van der Waals surface area contributed by atoms with Crippen molar-refractivity contribution in [1.29, 1.82) is 0 Å². The topological polar surface area (TPSA) is 66.8 Å². The summed E-state index contributed by atoms with van der Waals surface area (Å²) in [5.74, 6) is 0.467. The van der Waals surface area contributed by atoms with E-state index < -0.39 is 5.97 Å². The van der Waals surface area contributed by atoms with E-state index in [4.69, 9.17) is 9.84 Å². The average Bonchev–Trinajstić information content (AvgIpc) is 2.45. The van der Waals surface area contributed by atoms with Crippen molar-refractivity contribution in [3.05, 3.63) is 49.9 Å². The van der Waals surface area contributed by atoms with Crippen molar-refractivity contribution < 1.29 is 19.7 Å². The first-order valence-electron chi connectivity index (χ1n) is 6.94. The highest BCUT2D eigenvalue weighted by Crippen LogP contribution is 2.40. The number of carboxylic acid groups (broad SMARTS) is 1. The van der Waals surface area contributed by atoms with Crippen LogP contribution in [0, 0.1) is 6.92 Å². The molecule has 0 heterocycles. The Morgan fingerprint density at radius 3 is 2.17 bits per heavy atom. The smallest absolute Gasteiger partial charge is 0.335 e. The van der Waals surface area contributed by atoms with Crippen molar-refractivity contribution >= 4 is 37.8 Å². The summed E-state index contributed by atoms with van der Waals surface area (Å²) in [5, 5.41) is 19.2. The first-order valence-corrected chi connectivity index (χ1v) is 8.53. The summed E-state index contributed by atoms with van der Waals surface area (Å²) in [6.07, 6.45) is 0. The SMILES string of the molecule is Cc1cc(Oc2c(Br)cc(C(=O)O)cc2Br)cc(C(C)C)c1O. The molecule has 2 aromatic carbocycles. The lowest BCUT2D eigenvalue weighted by Crippen LogP contribution is -1.98. The summed E-state index contributed by atoms with van der Waals surface area (Å²) < 4.78 is 6.96. The summed E-state index contributed by atoms with van der Waals surface area (Å²) in [7, 11) is 0. The number of phenols is 1. The van der Waals surface area contributed by atoms with E-state index in [0.717, 1.165) is 11.1 Å². The molecule has 2 aromatic rings. The number of ether oxygens (including phenoxy) is 1. The van der Waals surface area contributed by atoms with Gasteiger partial charge in [-0.3, -0.25) is 0 Å². The van der Waals surface area contributed by atoms with Crippen molar-refractivity contribution in [2.75, 3.05) is 0 Å². The normalized spacial score (nSPS) is 10.9. The molecule has 122 valence electrons. The van der Waals surface area contributed by atoms with Crippen LogP contribution < -0.4 is 4.74 Å². The van der Waals surface area contributed by atoms with Crippen LogP contribution in [0.3, 0.4) is 0 Å². The van der Waals surface area contributed by atoms with E-state index in [0.29, 0.717) is 20.4 Å². The van der Waals surface area contributed by atoms with Crippen LogP contribution in [-0.2, 0) is 0 Å². The van der Waals surface area contributed by atoms with Gasteiger partial charge in [0.1, 0.15) is 11.5 Å². The van der Waals surface area contributed by atoms with Crippen LogP contribution in [0.25, 0.3) is 0 Å². The number of phenolic OH excluding ortho intramolecular Hbond substituents is 1. The Hall–Kier alpha value is -1.53. The van der Waals surface area contributed by atoms with Gasteiger partial charge < -0.3 is 14.9 Å². The summed E-state index contributed by atoms with van der Waals surface area (Å²) in [6, 6.07) is 6.50. The number of carboxylic acids is 1. The van der Waals surface area contributed by atoms with E-state index in [9.17, 15) is 9.90 Å². The highest BCUT2D eigenvalue weighted by atomic mass is 79.9. The molecule has 0 fully saturated rings. The Balaban J connectivity index is 2.46. The fourth-order valence-corrected chi connectivity index (χ4v) is 3.52. The zero-order valence-electron chi connectivity index (χ0n) is 12.9. The predicted octanol–water partition coefficient (Wildman–Crippen LogP) is 5.84. The lowest BCUT2D eigenvalue weighted by molar-refractivity contribution is 0.0696. The molecular formula is C17H16Br2O4. The van der Waals surface area contributed by atoms with Crippen LogP contribution in [0.15, 0.2) is 33.2 Å². The van der Waals surface area contributed by atoms with Gasteiger partial charge in [0.15, 0.2) is 5.75 Å². The van der Waals surface area contributed by atoms with Crippen LogP contribution in [-0.4, -0.2) is 16.2 Å². The quantitative estimate of drug-likeness (QED) is 0.622. The highest BCUT2D eigenvalue weighted by Gasteiger charge is 2.16. The lowest BCUT2D eigenvalue weighted by atomic mass is 9.99. The molecule has 2 rings (SSSR count). The van der Waals surface area contributed by atoms with Gasteiger partial charge in [-0.25, -0.2) is 4.79 Å². The molecule has 0 aliphatic heterocycles. The second-order valence-corrected chi connectivity index (χ2v) is 7.22. The fraction of sp³-hybridized carbons (Fsp3) is 0.235. The molecule has 2 N–H and O–H groups in total. The van der Waals surface area contributed by atoms with E-state index in [-0.39, 0.29) is 17.2 Å². The predicted molar refractivity (Wildman–Crippen MR) is 95.8 cm³/mol. The van der Waals surface area contributed by atoms with Gasteiger partial charge in [0.05, 0.1) is 14.5 Å². The van der Waals surface area contributed by atoms with Crippen molar-refractivity contribution in [2.45, 2.75) is 26.7 Å². The summed E-state index contributed by atoms with van der Waals surface area (Å²) in [5.41, 5.74) is 1.68. The highest BCUT2D eigenvalue weighted by molar-refractivity contribution is 9.11. The molecule has 0 aromatic heterocycles. The summed E-state index contributed by atoms with van der Waals surface area (Å²) in [6.45, 7) is 5.79. The second-order valence-electron chi connectivity index (χ2n) is 5.51. The maximum absolute atomic E-state index is 11.1. The van der Waals surface area contributed by atoms with Crippen molar-refractivity contribution in [3.63, 3.8) is 0 Å². The third-order valence-corrected chi connectivity index (χ3v) is 4.57. The van der Waals surface area contributed by atoms with Gasteiger partial charge in [0.2, 0.25) is 0 Å². The molecule has 0 radical (unpaired) electrons. The van der Waals surface area contributed by atoms with E-state index in [2.05, 4.69) is 31.9 Å². The molecule has 0 aliphatic rings. The maximum atomic E-state index is 11.1. The Labute approximate surface area is 151 Å². The number of aromatic carboxylic acids is 1. The number of benzene rings is 2. The number of hydrogen-bond donors (Lipinski definition) is 2. The summed E-state index contributed by atoms with van der Waals surface area (Å²) >= 11 is 6.67. The van der Waals surface area contributed by atoms with Gasteiger partial charge in [-0.15, -0.1) is 0 Å². The van der Waals surface area contributed by atoms with Crippen LogP contribution >= 0.6 is 31.9 Å². The maximum Gasteiger partial charge on any atom is 0.335 e. The Kier molecular flexibility index (Phi) is 5.37. The minimum atomic E-state index is -1.01. The molecule has 4 nitrogen and oxygen atoms in total. The van der Waals surface area contributed by atoms with Crippen molar-refractivity contribution in [1.82, 2.24) is 0 Å². The van der Waals surface area contributed by atoms with E-state index in [1.165, 1.54) is 12.1 Å². The molecule has 0 atom stereocenters. The molecule has 0 saturated heterocycles. The minimum absolute atomic E-state index is 0.151. The number of carbonyl (C=O) groups is 1. The van der Waals surface area contributed by atoms with Crippen molar-refractivity contribution in [2.24, 2.45) is 0 Å². The van der Waals surface area contributed by atoms with Gasteiger partial charge >= 0.3 is 5.97 Å². The molecule has 0 unspecified atom stereocenters. The monoisotopic (exact) mass is 442 g/mol. The molecule has 0 spiro atoms. The van der Waals surface area contributed by atoms with E-state index >= 15 is 0 Å². The van der Waals surface area contributed by atoms with Gasteiger partial charge in [-0.1, -0.05) is 13.8 Å². The molecule has 0 saturated carbocycles. The molecule has 0 bridgehead atoms. The number of aromatic hydroxyl groups is 1.